The van der Waals surface area contributed by atoms with Gasteiger partial charge in [-0.15, -0.1) is 0 Å². The molecule has 0 unspecified atom stereocenters. The highest BCUT2D eigenvalue weighted by Gasteiger charge is 2.29. The van der Waals surface area contributed by atoms with E-state index in [1.165, 1.54) is 0 Å². The van der Waals surface area contributed by atoms with Crippen molar-refractivity contribution in [3.63, 3.8) is 0 Å². The van der Waals surface area contributed by atoms with E-state index in [2.05, 4.69) is 0 Å². The monoisotopic (exact) mass is 144 g/mol. The predicted molar refractivity (Wildman–Crippen MR) is 38.5 cm³/mol. The first-order valence-corrected chi connectivity index (χ1v) is 3.54. The second-order valence-corrected chi connectivity index (χ2v) is 3.20. The van der Waals surface area contributed by atoms with E-state index in [1.807, 2.05) is 6.92 Å². The van der Waals surface area contributed by atoms with Crippen molar-refractivity contribution >= 4 is 0 Å². The Hall–Kier alpha value is -0.370. The summed E-state index contributed by atoms with van der Waals surface area (Å²) in [4.78, 5) is 0. The fraction of sp³-hybridized carbons (Fsp3) is 0.750. The van der Waals surface area contributed by atoms with Gasteiger partial charge in [-0.05, 0) is 32.8 Å². The lowest BCUT2D eigenvalue weighted by molar-refractivity contribution is -0.0163. The molecule has 0 fully saturated rings. The molecule has 58 valence electrons. The first-order chi connectivity index (χ1) is 4.54. The van der Waals surface area contributed by atoms with E-state index in [0.29, 0.717) is 6.61 Å². The third-order valence-corrected chi connectivity index (χ3v) is 1.84. The average Bonchev–Trinajstić information content (AvgIpc) is 1.83. The molecular formula is C8H13FO. The maximum absolute atomic E-state index is 13.1. The van der Waals surface area contributed by atoms with Crippen LogP contribution in [0.25, 0.3) is 0 Å². The van der Waals surface area contributed by atoms with Crippen LogP contribution < -0.4 is 0 Å². The molecule has 10 heavy (non-hydrogen) atoms. The van der Waals surface area contributed by atoms with Crippen LogP contribution in [0.4, 0.5) is 4.39 Å². The molecular weight excluding hydrogens is 131 g/mol. The maximum Gasteiger partial charge on any atom is 0.130 e. The molecule has 1 aliphatic heterocycles. The van der Waals surface area contributed by atoms with Gasteiger partial charge in [0.1, 0.15) is 11.4 Å². The quantitative estimate of drug-likeness (QED) is 0.507. The van der Waals surface area contributed by atoms with Crippen molar-refractivity contribution in [3.05, 3.63) is 11.4 Å². The van der Waals surface area contributed by atoms with Gasteiger partial charge in [-0.3, -0.25) is 0 Å². The molecule has 1 rings (SSSR count). The number of hydrogen-bond donors (Lipinski definition) is 0. The summed E-state index contributed by atoms with van der Waals surface area (Å²) in [5.41, 5.74) is 0.152. The summed E-state index contributed by atoms with van der Waals surface area (Å²) in [6, 6.07) is 0. The Morgan fingerprint density at radius 2 is 2.10 bits per heavy atom. The van der Waals surface area contributed by atoms with Gasteiger partial charge in [-0.1, -0.05) is 0 Å². The molecule has 0 saturated heterocycles. The topological polar surface area (TPSA) is 9.23 Å². The van der Waals surface area contributed by atoms with E-state index < -0.39 is 5.60 Å². The standard InChI is InChI=1S/C8H13FO/c1-6-4-5-10-8(2,3)7(6)9/h4-5H2,1-3H3. The molecule has 0 saturated carbocycles. The van der Waals surface area contributed by atoms with Crippen molar-refractivity contribution in [2.24, 2.45) is 0 Å². The normalized spacial score (nSPS) is 25.2. The molecule has 1 heterocycles. The highest BCUT2D eigenvalue weighted by atomic mass is 19.1. The first kappa shape index (κ1) is 7.73. The van der Waals surface area contributed by atoms with Crippen molar-refractivity contribution in [3.8, 4) is 0 Å². The lowest BCUT2D eigenvalue weighted by atomic mass is 9.99. The minimum Gasteiger partial charge on any atom is -0.368 e. The van der Waals surface area contributed by atoms with Crippen LogP contribution in [-0.4, -0.2) is 12.2 Å². The molecule has 0 amide bonds. The number of hydrogen-bond acceptors (Lipinski definition) is 1. The zero-order valence-electron chi connectivity index (χ0n) is 6.70. The molecule has 0 bridgehead atoms. The third-order valence-electron chi connectivity index (χ3n) is 1.84. The van der Waals surface area contributed by atoms with Crippen LogP contribution in [0.15, 0.2) is 11.4 Å². The second kappa shape index (κ2) is 2.35. The van der Waals surface area contributed by atoms with Gasteiger partial charge in [0.05, 0.1) is 6.61 Å². The SMILES string of the molecule is CC1=C(F)C(C)(C)OCC1. The van der Waals surface area contributed by atoms with Crippen molar-refractivity contribution in [1.29, 1.82) is 0 Å². The molecule has 2 heteroatoms. The van der Waals surface area contributed by atoms with E-state index >= 15 is 0 Å². The molecule has 0 atom stereocenters. The van der Waals surface area contributed by atoms with Crippen LogP contribution >= 0.6 is 0 Å². The number of rotatable bonds is 0. The molecule has 0 aromatic heterocycles. The molecule has 0 aliphatic carbocycles. The molecule has 0 spiro atoms. The number of ether oxygens (including phenoxy) is 1. The smallest absolute Gasteiger partial charge is 0.130 e. The van der Waals surface area contributed by atoms with Gasteiger partial charge < -0.3 is 4.74 Å². The third kappa shape index (κ3) is 1.21. The van der Waals surface area contributed by atoms with Crippen molar-refractivity contribution in [1.82, 2.24) is 0 Å². The largest absolute Gasteiger partial charge is 0.368 e. The Labute approximate surface area is 60.9 Å². The predicted octanol–water partition coefficient (Wildman–Crippen LogP) is 2.43. The Bertz CT molecular complexity index is 170. The lowest BCUT2D eigenvalue weighted by Gasteiger charge is -2.29. The molecule has 0 aromatic rings. The van der Waals surface area contributed by atoms with E-state index in [9.17, 15) is 4.39 Å². The van der Waals surface area contributed by atoms with Gasteiger partial charge in [0.15, 0.2) is 0 Å². The second-order valence-electron chi connectivity index (χ2n) is 3.20. The van der Waals surface area contributed by atoms with Crippen molar-refractivity contribution in [2.75, 3.05) is 6.61 Å². The summed E-state index contributed by atoms with van der Waals surface area (Å²) in [5, 5.41) is 0. The van der Waals surface area contributed by atoms with Crippen LogP contribution in [0, 0.1) is 0 Å². The molecule has 0 N–H and O–H groups in total. The average molecular weight is 144 g/mol. The van der Waals surface area contributed by atoms with Crippen LogP contribution in [0.3, 0.4) is 0 Å². The summed E-state index contributed by atoms with van der Waals surface area (Å²) in [5.74, 6) is -0.0984. The van der Waals surface area contributed by atoms with E-state index in [0.717, 1.165) is 12.0 Å². The minimum atomic E-state index is -0.678. The molecule has 1 aliphatic rings. The lowest BCUT2D eigenvalue weighted by Crippen LogP contribution is -2.30. The van der Waals surface area contributed by atoms with Gasteiger partial charge in [0.2, 0.25) is 0 Å². The first-order valence-electron chi connectivity index (χ1n) is 3.54. The fourth-order valence-electron chi connectivity index (χ4n) is 1.15. The minimum absolute atomic E-state index is 0.0984. The Morgan fingerprint density at radius 3 is 2.50 bits per heavy atom. The van der Waals surface area contributed by atoms with Gasteiger partial charge in [-0.25, -0.2) is 4.39 Å². The van der Waals surface area contributed by atoms with Crippen LogP contribution in [-0.2, 0) is 4.74 Å². The summed E-state index contributed by atoms with van der Waals surface area (Å²) >= 11 is 0. The maximum atomic E-state index is 13.1. The zero-order valence-corrected chi connectivity index (χ0v) is 6.70. The summed E-state index contributed by atoms with van der Waals surface area (Å²) in [6.07, 6.45) is 0.731. The van der Waals surface area contributed by atoms with Gasteiger partial charge >= 0.3 is 0 Å². The summed E-state index contributed by atoms with van der Waals surface area (Å²) < 4.78 is 18.3. The Balaban J connectivity index is 2.89. The molecule has 1 nitrogen and oxygen atoms in total. The zero-order chi connectivity index (χ0) is 7.78. The van der Waals surface area contributed by atoms with Crippen LogP contribution in [0.5, 0.6) is 0 Å². The van der Waals surface area contributed by atoms with Crippen LogP contribution in [0.1, 0.15) is 27.2 Å². The molecule has 0 aromatic carbocycles. The Kier molecular flexibility index (Phi) is 1.82. The highest BCUT2D eigenvalue weighted by Crippen LogP contribution is 2.30. The van der Waals surface area contributed by atoms with Crippen molar-refractivity contribution in [2.45, 2.75) is 32.8 Å². The summed E-state index contributed by atoms with van der Waals surface area (Å²) in [7, 11) is 0. The summed E-state index contributed by atoms with van der Waals surface area (Å²) in [6.45, 7) is 5.97. The number of halogens is 1. The van der Waals surface area contributed by atoms with E-state index in [4.69, 9.17) is 4.74 Å². The Morgan fingerprint density at radius 1 is 1.50 bits per heavy atom. The van der Waals surface area contributed by atoms with Gasteiger partial charge in [-0.2, -0.15) is 0 Å². The molecule has 0 radical (unpaired) electrons. The van der Waals surface area contributed by atoms with Gasteiger partial charge in [0.25, 0.3) is 0 Å². The van der Waals surface area contributed by atoms with E-state index in [-0.39, 0.29) is 5.83 Å². The van der Waals surface area contributed by atoms with Crippen LogP contribution in [0.2, 0.25) is 0 Å². The highest BCUT2D eigenvalue weighted by molar-refractivity contribution is 5.16. The van der Waals surface area contributed by atoms with Crippen molar-refractivity contribution < 1.29 is 9.13 Å². The van der Waals surface area contributed by atoms with E-state index in [1.54, 1.807) is 13.8 Å². The fourth-order valence-corrected chi connectivity index (χ4v) is 1.15. The van der Waals surface area contributed by atoms with Gasteiger partial charge in [0, 0.05) is 0 Å².